The molecule has 1 aromatic rings. The third-order valence-corrected chi connectivity index (χ3v) is 6.11. The number of carboxylic acid groups (broad SMARTS) is 1. The number of amides is 1. The molecule has 1 aromatic heterocycles. The second kappa shape index (κ2) is 6.76. The summed E-state index contributed by atoms with van der Waals surface area (Å²) < 4.78 is 25.3. The van der Waals surface area contributed by atoms with Crippen LogP contribution in [0.25, 0.3) is 0 Å². The summed E-state index contributed by atoms with van der Waals surface area (Å²) in [6.45, 7) is 3.28. The van der Waals surface area contributed by atoms with Gasteiger partial charge in [0.1, 0.15) is 9.77 Å². The predicted octanol–water partition coefficient (Wildman–Crippen LogP) is 1.23. The van der Waals surface area contributed by atoms with E-state index in [0.717, 1.165) is 15.6 Å². The maximum Gasteiger partial charge on any atom is 0.309 e. The van der Waals surface area contributed by atoms with Gasteiger partial charge in [0.05, 0.1) is 5.41 Å². The molecular weight excluding hydrogens is 328 g/mol. The summed E-state index contributed by atoms with van der Waals surface area (Å²) in [5.74, 6) is -1.47. The lowest BCUT2D eigenvalue weighted by Gasteiger charge is -2.19. The van der Waals surface area contributed by atoms with E-state index in [1.54, 1.807) is 13.8 Å². The summed E-state index contributed by atoms with van der Waals surface area (Å²) in [5.41, 5.74) is -0.957. The Morgan fingerprint density at radius 2 is 1.95 bits per heavy atom. The number of sulfonamides is 1. The molecule has 0 spiro atoms. The van der Waals surface area contributed by atoms with Crippen LogP contribution in [0.3, 0.4) is 0 Å². The van der Waals surface area contributed by atoms with Gasteiger partial charge in [-0.1, -0.05) is 0 Å². The molecule has 0 radical (unpaired) electrons. The van der Waals surface area contributed by atoms with E-state index in [1.165, 1.54) is 25.5 Å². The number of aliphatic carboxylic acids is 1. The molecule has 0 saturated heterocycles. The van der Waals surface area contributed by atoms with Crippen molar-refractivity contribution in [1.82, 2.24) is 9.62 Å². The van der Waals surface area contributed by atoms with Crippen molar-refractivity contribution < 1.29 is 23.1 Å². The van der Waals surface area contributed by atoms with Gasteiger partial charge in [0.15, 0.2) is 0 Å². The largest absolute Gasteiger partial charge is 0.481 e. The molecule has 1 amide bonds. The summed E-state index contributed by atoms with van der Waals surface area (Å²) in [7, 11) is -0.901. The maximum atomic E-state index is 12.1. The Morgan fingerprint density at radius 1 is 1.36 bits per heavy atom. The third-order valence-electron chi connectivity index (χ3n) is 3.21. The van der Waals surface area contributed by atoms with Gasteiger partial charge in [0, 0.05) is 20.6 Å². The van der Waals surface area contributed by atoms with Crippen LogP contribution in [0.15, 0.2) is 16.3 Å². The van der Waals surface area contributed by atoms with Crippen molar-refractivity contribution in [3.8, 4) is 0 Å². The van der Waals surface area contributed by atoms with Crippen molar-refractivity contribution >= 4 is 33.2 Å². The summed E-state index contributed by atoms with van der Waals surface area (Å²) in [5, 5.41) is 13.1. The minimum atomic E-state index is -3.69. The molecule has 1 heterocycles. The number of hydrogen-bond donors (Lipinski definition) is 2. The number of carbonyl (C=O) groups is 2. The van der Waals surface area contributed by atoms with Crippen molar-refractivity contribution in [3.05, 3.63) is 16.3 Å². The molecule has 1 rings (SSSR count). The summed E-state index contributed by atoms with van der Waals surface area (Å²) in [4.78, 5) is 23.2. The topological polar surface area (TPSA) is 104 Å². The molecule has 0 aliphatic carbocycles. The van der Waals surface area contributed by atoms with Crippen molar-refractivity contribution in [1.29, 1.82) is 0 Å². The quantitative estimate of drug-likeness (QED) is 0.771. The monoisotopic (exact) mass is 348 g/mol. The van der Waals surface area contributed by atoms with E-state index < -0.39 is 27.3 Å². The Morgan fingerprint density at radius 3 is 2.45 bits per heavy atom. The zero-order chi connectivity index (χ0) is 17.1. The van der Waals surface area contributed by atoms with Crippen molar-refractivity contribution in [2.75, 3.05) is 20.6 Å². The number of hydrogen-bond acceptors (Lipinski definition) is 5. The van der Waals surface area contributed by atoms with Crippen LogP contribution in [0.1, 0.15) is 29.9 Å². The lowest BCUT2D eigenvalue weighted by atomic mass is 9.90. The highest BCUT2D eigenvalue weighted by molar-refractivity contribution is 7.89. The number of carbonyl (C=O) groups excluding carboxylic acids is 1. The van der Waals surface area contributed by atoms with E-state index in [2.05, 4.69) is 5.32 Å². The highest BCUT2D eigenvalue weighted by atomic mass is 32.2. The SMILES string of the molecule is CN(C)S(=O)(=O)c1ccsc1C(=O)NCCC(C)(C)C(=O)O. The van der Waals surface area contributed by atoms with Crippen molar-refractivity contribution in [2.24, 2.45) is 5.41 Å². The lowest BCUT2D eigenvalue weighted by Crippen LogP contribution is -2.32. The van der Waals surface area contributed by atoms with E-state index in [0.29, 0.717) is 0 Å². The molecule has 124 valence electrons. The normalized spacial score (nSPS) is 12.4. The van der Waals surface area contributed by atoms with Crippen LogP contribution in [-0.4, -0.2) is 50.3 Å². The van der Waals surface area contributed by atoms with Gasteiger partial charge in [0.2, 0.25) is 10.0 Å². The second-order valence-corrected chi connectivity index (χ2v) is 8.63. The second-order valence-electron chi connectivity index (χ2n) is 5.60. The van der Waals surface area contributed by atoms with Gasteiger partial charge in [-0.2, -0.15) is 0 Å². The highest BCUT2D eigenvalue weighted by Crippen LogP contribution is 2.24. The van der Waals surface area contributed by atoms with Crippen molar-refractivity contribution in [3.63, 3.8) is 0 Å². The number of rotatable bonds is 7. The van der Waals surface area contributed by atoms with Gasteiger partial charge in [-0.3, -0.25) is 9.59 Å². The van der Waals surface area contributed by atoms with Gasteiger partial charge < -0.3 is 10.4 Å². The number of thiophene rings is 1. The van der Waals surface area contributed by atoms with Gasteiger partial charge in [0.25, 0.3) is 5.91 Å². The van der Waals surface area contributed by atoms with E-state index in [9.17, 15) is 18.0 Å². The molecular formula is C13H20N2O5S2. The lowest BCUT2D eigenvalue weighted by molar-refractivity contribution is -0.147. The fraction of sp³-hybridized carbons (Fsp3) is 0.538. The first-order chi connectivity index (χ1) is 10.00. The molecule has 0 unspecified atom stereocenters. The molecule has 0 aliphatic heterocycles. The maximum absolute atomic E-state index is 12.1. The van der Waals surface area contributed by atoms with Crippen LogP contribution in [0.2, 0.25) is 0 Å². The van der Waals surface area contributed by atoms with Crippen LogP contribution in [-0.2, 0) is 14.8 Å². The summed E-state index contributed by atoms with van der Waals surface area (Å²) in [6, 6.07) is 1.39. The van der Waals surface area contributed by atoms with Crippen LogP contribution < -0.4 is 5.32 Å². The third kappa shape index (κ3) is 4.05. The summed E-state index contributed by atoms with van der Waals surface area (Å²) in [6.07, 6.45) is 0.245. The molecule has 0 aromatic carbocycles. The Kier molecular flexibility index (Phi) is 5.71. The van der Waals surface area contributed by atoms with Gasteiger partial charge in [-0.05, 0) is 31.7 Å². The zero-order valence-electron chi connectivity index (χ0n) is 12.9. The number of carboxylic acids is 1. The first-order valence-electron chi connectivity index (χ1n) is 6.52. The zero-order valence-corrected chi connectivity index (χ0v) is 14.5. The smallest absolute Gasteiger partial charge is 0.309 e. The van der Waals surface area contributed by atoms with Gasteiger partial charge >= 0.3 is 5.97 Å². The van der Waals surface area contributed by atoms with E-state index in [-0.39, 0.29) is 22.7 Å². The van der Waals surface area contributed by atoms with Gasteiger partial charge in [-0.15, -0.1) is 11.3 Å². The number of nitrogens with one attached hydrogen (secondary N) is 1. The van der Waals surface area contributed by atoms with Crippen LogP contribution in [0, 0.1) is 5.41 Å². The van der Waals surface area contributed by atoms with Crippen LogP contribution in [0.5, 0.6) is 0 Å². The van der Waals surface area contributed by atoms with Crippen LogP contribution in [0.4, 0.5) is 0 Å². The van der Waals surface area contributed by atoms with Crippen LogP contribution >= 0.6 is 11.3 Å². The fourth-order valence-electron chi connectivity index (χ4n) is 1.54. The molecule has 0 fully saturated rings. The van der Waals surface area contributed by atoms with E-state index >= 15 is 0 Å². The minimum Gasteiger partial charge on any atom is -0.481 e. The molecule has 7 nitrogen and oxygen atoms in total. The Bertz CT molecular complexity index is 662. The minimum absolute atomic E-state index is 0.0440. The molecule has 22 heavy (non-hydrogen) atoms. The van der Waals surface area contributed by atoms with Gasteiger partial charge in [-0.25, -0.2) is 12.7 Å². The van der Waals surface area contributed by atoms with E-state index in [1.807, 2.05) is 0 Å². The van der Waals surface area contributed by atoms with E-state index in [4.69, 9.17) is 5.11 Å². The van der Waals surface area contributed by atoms with Crippen molar-refractivity contribution in [2.45, 2.75) is 25.2 Å². The molecule has 0 saturated carbocycles. The first-order valence-corrected chi connectivity index (χ1v) is 8.83. The molecule has 0 bridgehead atoms. The molecule has 0 aliphatic rings. The average molecular weight is 348 g/mol. The number of nitrogens with zero attached hydrogens (tertiary/aromatic N) is 1. The Labute approximate surface area is 134 Å². The molecule has 2 N–H and O–H groups in total. The predicted molar refractivity (Wildman–Crippen MR) is 83.6 cm³/mol. The highest BCUT2D eigenvalue weighted by Gasteiger charge is 2.28. The Hall–Kier alpha value is -1.45. The molecule has 0 atom stereocenters. The average Bonchev–Trinajstić information content (AvgIpc) is 2.87. The standard InChI is InChI=1S/C13H20N2O5S2/c1-13(2,12(17)18)6-7-14-11(16)10-9(5-8-21-10)22(19,20)15(3)4/h5,8H,6-7H2,1-4H3,(H,14,16)(H,17,18). The fourth-order valence-corrected chi connectivity index (χ4v) is 3.75. The Balaban J connectivity index is 2.81. The summed E-state index contributed by atoms with van der Waals surface area (Å²) >= 11 is 1.03. The molecule has 9 heteroatoms. The first kappa shape index (κ1) is 18.6.